The number of pyridine rings is 2. The third-order valence-corrected chi connectivity index (χ3v) is 8.77. The summed E-state index contributed by atoms with van der Waals surface area (Å²) in [6.07, 6.45) is 6.48. The molecule has 4 aromatic heterocycles. The number of ether oxygens (including phenoxy) is 4. The van der Waals surface area contributed by atoms with Gasteiger partial charge in [0.1, 0.15) is 23.0 Å². The van der Waals surface area contributed by atoms with Crippen LogP contribution in [0.15, 0.2) is 152 Å². The Morgan fingerprint density at radius 1 is 0.483 bits per heavy atom. The second-order valence-corrected chi connectivity index (χ2v) is 12.5. The maximum absolute atomic E-state index is 12.1. The maximum Gasteiger partial charge on any atom is 0.299 e. The van der Waals surface area contributed by atoms with Crippen molar-refractivity contribution in [1.29, 1.82) is 0 Å². The number of anilines is 4. The van der Waals surface area contributed by atoms with Crippen molar-refractivity contribution in [2.24, 2.45) is 0 Å². The summed E-state index contributed by atoms with van der Waals surface area (Å²) < 4.78 is 32.8. The van der Waals surface area contributed by atoms with E-state index in [2.05, 4.69) is 30.6 Å². The molecular formula is C44H38N6O8. The normalized spacial score (nSPS) is 10.6. The van der Waals surface area contributed by atoms with E-state index in [1.165, 1.54) is 0 Å². The Kier molecular flexibility index (Phi) is 11.6. The van der Waals surface area contributed by atoms with Crippen LogP contribution in [0.4, 0.5) is 23.4 Å². The smallest absolute Gasteiger partial charge is 0.299 e. The molecule has 0 atom stereocenters. The summed E-state index contributed by atoms with van der Waals surface area (Å²) in [7, 11) is 6.36. The Labute approximate surface area is 332 Å². The zero-order chi connectivity index (χ0) is 40.4. The number of hydrogen-bond acceptors (Lipinski definition) is 12. The molecule has 8 rings (SSSR count). The second kappa shape index (κ2) is 17.6. The third-order valence-electron chi connectivity index (χ3n) is 8.77. The first-order valence-electron chi connectivity index (χ1n) is 17.8. The van der Waals surface area contributed by atoms with Gasteiger partial charge in [-0.15, -0.1) is 0 Å². The lowest BCUT2D eigenvalue weighted by molar-refractivity contribution is 0.394. The van der Waals surface area contributed by atoms with Gasteiger partial charge in [-0.05, 0) is 47.5 Å². The van der Waals surface area contributed by atoms with Crippen molar-refractivity contribution in [1.82, 2.24) is 19.9 Å². The molecule has 58 heavy (non-hydrogen) atoms. The van der Waals surface area contributed by atoms with Crippen LogP contribution >= 0.6 is 0 Å². The molecule has 0 spiro atoms. The largest absolute Gasteiger partial charge is 0.497 e. The molecule has 0 bridgehead atoms. The number of oxazole rings is 2. The van der Waals surface area contributed by atoms with Crippen LogP contribution in [0.5, 0.6) is 23.0 Å². The number of methoxy groups -OCH3 is 4. The van der Waals surface area contributed by atoms with Crippen molar-refractivity contribution in [3.05, 3.63) is 155 Å². The van der Waals surface area contributed by atoms with Crippen molar-refractivity contribution < 1.29 is 27.8 Å². The zero-order valence-electron chi connectivity index (χ0n) is 31.9. The van der Waals surface area contributed by atoms with Gasteiger partial charge >= 0.3 is 0 Å². The number of nitrogens with one attached hydrogen (secondary N) is 4. The van der Waals surface area contributed by atoms with E-state index in [0.717, 1.165) is 33.6 Å². The first-order chi connectivity index (χ1) is 28.3. The predicted octanol–water partition coefficient (Wildman–Crippen LogP) is 8.92. The highest BCUT2D eigenvalue weighted by Gasteiger charge is 2.13. The van der Waals surface area contributed by atoms with Crippen LogP contribution < -0.4 is 40.7 Å². The molecule has 0 fully saturated rings. The molecule has 4 aromatic carbocycles. The van der Waals surface area contributed by atoms with Gasteiger partial charge in [-0.3, -0.25) is 9.59 Å². The molecule has 0 saturated carbocycles. The number of nitrogens with zero attached hydrogens (tertiary/aromatic N) is 2. The number of hydrogen-bond donors (Lipinski definition) is 4. The maximum atomic E-state index is 12.1. The monoisotopic (exact) mass is 778 g/mol. The fraction of sp³-hybridized carbons (Fsp3) is 0.0909. The Balaban J connectivity index is 0.000000177. The number of H-pyrrole nitrogens is 2. The van der Waals surface area contributed by atoms with E-state index in [9.17, 15) is 9.59 Å². The van der Waals surface area contributed by atoms with Crippen LogP contribution in [0.25, 0.3) is 44.9 Å². The van der Waals surface area contributed by atoms with Crippen LogP contribution in [-0.4, -0.2) is 48.4 Å². The molecule has 14 nitrogen and oxygen atoms in total. The summed E-state index contributed by atoms with van der Waals surface area (Å²) in [5.74, 6) is 3.77. The van der Waals surface area contributed by atoms with Gasteiger partial charge in [0.15, 0.2) is 11.5 Å². The van der Waals surface area contributed by atoms with Crippen LogP contribution in [0.2, 0.25) is 0 Å². The van der Waals surface area contributed by atoms with Crippen molar-refractivity contribution in [3.63, 3.8) is 0 Å². The summed E-state index contributed by atoms with van der Waals surface area (Å²) in [5, 5.41) is 6.21. The molecule has 4 heterocycles. The highest BCUT2D eigenvalue weighted by molar-refractivity contribution is 5.72. The highest BCUT2D eigenvalue weighted by Crippen LogP contribution is 2.32. The van der Waals surface area contributed by atoms with E-state index >= 15 is 0 Å². The van der Waals surface area contributed by atoms with Crippen molar-refractivity contribution in [3.8, 4) is 67.9 Å². The molecule has 0 aliphatic rings. The van der Waals surface area contributed by atoms with E-state index in [0.29, 0.717) is 57.7 Å². The molecule has 14 heteroatoms. The molecule has 8 aromatic rings. The lowest BCUT2D eigenvalue weighted by atomic mass is 10.0. The standard InChI is InChI=1S/2C22H19N3O4/c2*1-27-17-10-16(11-18(12-17)28-2)25-22-24-13-20(29-22)15-6-3-5-14(9-15)19-7-4-8-23-21(19)26/h2*3-13H,1-2H3,(H,23,26)(H,24,25). The summed E-state index contributed by atoms with van der Waals surface area (Å²) >= 11 is 0. The minimum absolute atomic E-state index is 0.142. The van der Waals surface area contributed by atoms with Gasteiger partial charge in [-0.1, -0.05) is 36.4 Å². The number of rotatable bonds is 12. The van der Waals surface area contributed by atoms with Gasteiger partial charge < -0.3 is 48.4 Å². The quantitative estimate of drug-likeness (QED) is 0.0927. The number of aromatic amines is 2. The van der Waals surface area contributed by atoms with E-state index in [1.807, 2.05) is 72.8 Å². The molecule has 4 N–H and O–H groups in total. The van der Waals surface area contributed by atoms with Crippen LogP contribution in [0.1, 0.15) is 0 Å². The fourth-order valence-electron chi connectivity index (χ4n) is 5.91. The zero-order valence-corrected chi connectivity index (χ0v) is 31.9. The Morgan fingerprint density at radius 3 is 1.22 bits per heavy atom. The molecule has 0 aliphatic carbocycles. The number of benzene rings is 4. The molecule has 292 valence electrons. The summed E-state index contributed by atoms with van der Waals surface area (Å²) in [6, 6.07) is 33.7. The number of aromatic nitrogens is 4. The average Bonchev–Trinajstić information content (AvgIpc) is 3.94. The molecule has 0 unspecified atom stereocenters. The van der Waals surface area contributed by atoms with E-state index in [4.69, 9.17) is 27.8 Å². The molecule has 0 aliphatic heterocycles. The topological polar surface area (TPSA) is 179 Å². The minimum atomic E-state index is -0.142. The average molecular weight is 779 g/mol. The molecule has 0 radical (unpaired) electrons. The molecule has 0 amide bonds. The van der Waals surface area contributed by atoms with Crippen molar-refractivity contribution in [2.45, 2.75) is 0 Å². The van der Waals surface area contributed by atoms with Gasteiger partial charge in [0.25, 0.3) is 23.1 Å². The second-order valence-electron chi connectivity index (χ2n) is 12.5. The molecular weight excluding hydrogens is 741 g/mol. The van der Waals surface area contributed by atoms with E-state index < -0.39 is 0 Å². The molecule has 0 saturated heterocycles. The summed E-state index contributed by atoms with van der Waals surface area (Å²) in [4.78, 5) is 38.1. The Hall–Kier alpha value is -8.00. The Morgan fingerprint density at radius 2 is 0.862 bits per heavy atom. The third kappa shape index (κ3) is 9.09. The first kappa shape index (κ1) is 38.3. The summed E-state index contributed by atoms with van der Waals surface area (Å²) in [6.45, 7) is 0. The SMILES string of the molecule is COc1cc(Nc2ncc(-c3cccc(-c4ccc[nH]c4=O)c3)o2)cc(OC)c1.COc1cc(Nc2ncc(-c3cccc(-c4ccc[nH]c4=O)c3)o2)cc(OC)c1. The van der Waals surface area contributed by atoms with Crippen molar-refractivity contribution >= 4 is 23.4 Å². The van der Waals surface area contributed by atoms with Crippen molar-refractivity contribution in [2.75, 3.05) is 39.1 Å². The minimum Gasteiger partial charge on any atom is -0.497 e. The van der Waals surface area contributed by atoms with E-state index in [1.54, 1.807) is 89.6 Å². The van der Waals surface area contributed by atoms with Gasteiger partial charge in [0.05, 0.1) is 40.8 Å². The van der Waals surface area contributed by atoms with Crippen LogP contribution in [-0.2, 0) is 0 Å². The van der Waals surface area contributed by atoms with Gasteiger partial charge in [0.2, 0.25) is 0 Å². The summed E-state index contributed by atoms with van der Waals surface area (Å²) in [5.41, 5.74) is 5.57. The van der Waals surface area contributed by atoms with Gasteiger partial charge in [0, 0.05) is 82.4 Å². The van der Waals surface area contributed by atoms with Gasteiger partial charge in [-0.2, -0.15) is 0 Å². The lowest BCUT2D eigenvalue weighted by Crippen LogP contribution is -2.06. The van der Waals surface area contributed by atoms with Crippen LogP contribution in [0.3, 0.4) is 0 Å². The fourth-order valence-corrected chi connectivity index (χ4v) is 5.91. The lowest BCUT2D eigenvalue weighted by Gasteiger charge is -2.08. The first-order valence-corrected chi connectivity index (χ1v) is 17.8. The predicted molar refractivity (Wildman–Crippen MR) is 222 cm³/mol. The van der Waals surface area contributed by atoms with E-state index in [-0.39, 0.29) is 11.1 Å². The highest BCUT2D eigenvalue weighted by atomic mass is 16.5. The Bertz CT molecular complexity index is 2540. The van der Waals surface area contributed by atoms with Gasteiger partial charge in [-0.25, -0.2) is 9.97 Å². The van der Waals surface area contributed by atoms with Crippen LogP contribution in [0, 0.1) is 0 Å².